The van der Waals surface area contributed by atoms with E-state index in [2.05, 4.69) is 15.5 Å². The van der Waals surface area contributed by atoms with Gasteiger partial charge in [-0.3, -0.25) is 4.79 Å². The van der Waals surface area contributed by atoms with Crippen molar-refractivity contribution in [2.75, 3.05) is 5.32 Å². The van der Waals surface area contributed by atoms with Crippen LogP contribution in [-0.4, -0.2) is 25.5 Å². The van der Waals surface area contributed by atoms with E-state index in [1.54, 1.807) is 29.8 Å². The van der Waals surface area contributed by atoms with Crippen molar-refractivity contribution in [1.82, 2.24) is 19.6 Å². The molecule has 146 valence electrons. The number of halogens is 1. The molecule has 1 N–H and O–H groups in total. The molecule has 1 amide bonds. The first-order chi connectivity index (χ1) is 14.0. The van der Waals surface area contributed by atoms with Gasteiger partial charge in [0.05, 0.1) is 40.2 Å². The third-order valence-corrected chi connectivity index (χ3v) is 4.87. The van der Waals surface area contributed by atoms with Crippen LogP contribution in [0.2, 0.25) is 0 Å². The summed E-state index contributed by atoms with van der Waals surface area (Å²) in [6.45, 7) is 5.48. The molecular formula is C22H20FN5O. The summed E-state index contributed by atoms with van der Waals surface area (Å²) in [4.78, 5) is 12.9. The number of rotatable bonds is 4. The quantitative estimate of drug-likeness (QED) is 0.564. The first-order valence-electron chi connectivity index (χ1n) is 9.20. The number of aromatic nitrogens is 4. The monoisotopic (exact) mass is 389 g/mol. The maximum absolute atomic E-state index is 14.1. The Balaban J connectivity index is 1.65. The second kappa shape index (κ2) is 7.35. The number of aryl methyl sites for hydroxylation is 1. The van der Waals surface area contributed by atoms with Crippen LogP contribution < -0.4 is 5.32 Å². The van der Waals surface area contributed by atoms with E-state index in [-0.39, 0.29) is 5.91 Å². The van der Waals surface area contributed by atoms with Crippen molar-refractivity contribution < 1.29 is 9.18 Å². The highest BCUT2D eigenvalue weighted by molar-refractivity contribution is 6.05. The van der Waals surface area contributed by atoms with Crippen molar-refractivity contribution in [2.24, 2.45) is 0 Å². The molecule has 0 bridgehead atoms. The molecule has 0 aliphatic heterocycles. The van der Waals surface area contributed by atoms with E-state index in [1.807, 2.05) is 44.2 Å². The van der Waals surface area contributed by atoms with Gasteiger partial charge in [-0.05, 0) is 45.0 Å². The van der Waals surface area contributed by atoms with E-state index in [0.29, 0.717) is 28.3 Å². The maximum atomic E-state index is 14.1. The number of nitrogens with zero attached hydrogens (tertiary/aromatic N) is 4. The van der Waals surface area contributed by atoms with Gasteiger partial charge in [-0.2, -0.15) is 10.2 Å². The van der Waals surface area contributed by atoms with Gasteiger partial charge in [0.15, 0.2) is 0 Å². The molecule has 2 aromatic heterocycles. The summed E-state index contributed by atoms with van der Waals surface area (Å²) in [6.07, 6.45) is 1.45. The van der Waals surface area contributed by atoms with Gasteiger partial charge >= 0.3 is 0 Å². The largest absolute Gasteiger partial charge is 0.319 e. The van der Waals surface area contributed by atoms with E-state index >= 15 is 0 Å². The lowest BCUT2D eigenvalue weighted by molar-refractivity contribution is 0.102. The van der Waals surface area contributed by atoms with Gasteiger partial charge in [0.25, 0.3) is 5.91 Å². The van der Waals surface area contributed by atoms with Gasteiger partial charge in [0, 0.05) is 0 Å². The average Bonchev–Trinajstić information content (AvgIpc) is 3.24. The Bertz CT molecular complexity index is 1190. The molecule has 29 heavy (non-hydrogen) atoms. The fourth-order valence-electron chi connectivity index (χ4n) is 3.32. The van der Waals surface area contributed by atoms with Gasteiger partial charge in [0.2, 0.25) is 0 Å². The molecule has 4 aromatic rings. The van der Waals surface area contributed by atoms with Crippen molar-refractivity contribution in [2.45, 2.75) is 20.8 Å². The Kier molecular flexibility index (Phi) is 4.72. The SMILES string of the molecule is Cc1nn(-c2ccccc2)c(C)c1NC(=O)c1cnn(-c2ccccc2F)c1C. The molecule has 7 heteroatoms. The van der Waals surface area contributed by atoms with Crippen molar-refractivity contribution in [1.29, 1.82) is 0 Å². The Morgan fingerprint density at radius 2 is 1.62 bits per heavy atom. The summed E-state index contributed by atoms with van der Waals surface area (Å²) in [5, 5.41) is 11.7. The summed E-state index contributed by atoms with van der Waals surface area (Å²) in [6, 6.07) is 16.0. The normalized spacial score (nSPS) is 10.9. The molecule has 0 spiro atoms. The molecule has 0 radical (unpaired) electrons. The number of benzene rings is 2. The minimum absolute atomic E-state index is 0.299. The van der Waals surface area contributed by atoms with Crippen LogP contribution in [0.1, 0.15) is 27.4 Å². The van der Waals surface area contributed by atoms with Crippen LogP contribution in [0.5, 0.6) is 0 Å². The maximum Gasteiger partial charge on any atom is 0.259 e. The van der Waals surface area contributed by atoms with Crippen molar-refractivity contribution in [3.8, 4) is 11.4 Å². The lowest BCUT2D eigenvalue weighted by atomic mass is 10.2. The minimum Gasteiger partial charge on any atom is -0.319 e. The predicted molar refractivity (Wildman–Crippen MR) is 109 cm³/mol. The predicted octanol–water partition coefficient (Wildman–Crippen LogP) is 4.37. The van der Waals surface area contributed by atoms with E-state index in [0.717, 1.165) is 11.4 Å². The van der Waals surface area contributed by atoms with Crippen LogP contribution in [0.25, 0.3) is 11.4 Å². The Labute approximate surface area is 167 Å². The highest BCUT2D eigenvalue weighted by Gasteiger charge is 2.20. The Hall–Kier alpha value is -3.74. The smallest absolute Gasteiger partial charge is 0.259 e. The summed E-state index contributed by atoms with van der Waals surface area (Å²) in [7, 11) is 0. The highest BCUT2D eigenvalue weighted by atomic mass is 19.1. The molecule has 0 unspecified atom stereocenters. The van der Waals surface area contributed by atoms with E-state index in [4.69, 9.17) is 0 Å². The topological polar surface area (TPSA) is 64.7 Å². The number of hydrogen-bond donors (Lipinski definition) is 1. The van der Waals surface area contributed by atoms with Crippen molar-refractivity contribution in [3.05, 3.63) is 89.3 Å². The summed E-state index contributed by atoms with van der Waals surface area (Å²) in [5.74, 6) is -0.717. The zero-order valence-electron chi connectivity index (χ0n) is 16.3. The van der Waals surface area contributed by atoms with E-state index < -0.39 is 5.82 Å². The third kappa shape index (κ3) is 3.31. The van der Waals surface area contributed by atoms with Gasteiger partial charge in [0.1, 0.15) is 11.5 Å². The molecule has 0 atom stereocenters. The molecule has 2 aromatic carbocycles. The van der Waals surface area contributed by atoms with Gasteiger partial charge in [-0.15, -0.1) is 0 Å². The van der Waals surface area contributed by atoms with Crippen molar-refractivity contribution >= 4 is 11.6 Å². The first kappa shape index (κ1) is 18.6. The van der Waals surface area contributed by atoms with Crippen LogP contribution in [0.4, 0.5) is 10.1 Å². The van der Waals surface area contributed by atoms with Crippen LogP contribution in [0, 0.1) is 26.6 Å². The second-order valence-corrected chi connectivity index (χ2v) is 6.75. The number of para-hydroxylation sites is 2. The third-order valence-electron chi connectivity index (χ3n) is 4.87. The van der Waals surface area contributed by atoms with Crippen LogP contribution in [0.15, 0.2) is 60.8 Å². The van der Waals surface area contributed by atoms with E-state index in [1.165, 1.54) is 16.9 Å². The standard InChI is InChI=1S/C22H20FN5O/c1-14-21(16(3)27(26-14)17-9-5-4-6-10-17)25-22(29)18-13-24-28(15(18)2)20-12-8-7-11-19(20)23/h4-13H,1-3H3,(H,25,29). The molecule has 0 saturated carbocycles. The second-order valence-electron chi connectivity index (χ2n) is 6.75. The Morgan fingerprint density at radius 1 is 0.931 bits per heavy atom. The lowest BCUT2D eigenvalue weighted by Gasteiger charge is -2.08. The molecule has 0 aliphatic carbocycles. The number of amides is 1. The van der Waals surface area contributed by atoms with E-state index in [9.17, 15) is 9.18 Å². The zero-order chi connectivity index (χ0) is 20.5. The first-order valence-corrected chi connectivity index (χ1v) is 9.20. The zero-order valence-corrected chi connectivity index (χ0v) is 16.3. The molecule has 2 heterocycles. The summed E-state index contributed by atoms with van der Waals surface area (Å²) >= 11 is 0. The van der Waals surface area contributed by atoms with Crippen molar-refractivity contribution in [3.63, 3.8) is 0 Å². The fraction of sp³-hybridized carbons (Fsp3) is 0.136. The van der Waals surface area contributed by atoms with Crippen LogP contribution >= 0.6 is 0 Å². The molecule has 0 saturated heterocycles. The number of carbonyl (C=O) groups is 1. The molecular weight excluding hydrogens is 369 g/mol. The van der Waals surface area contributed by atoms with Crippen LogP contribution in [-0.2, 0) is 0 Å². The van der Waals surface area contributed by atoms with Crippen LogP contribution in [0.3, 0.4) is 0 Å². The lowest BCUT2D eigenvalue weighted by Crippen LogP contribution is -2.14. The molecule has 0 fully saturated rings. The van der Waals surface area contributed by atoms with Gasteiger partial charge < -0.3 is 5.32 Å². The van der Waals surface area contributed by atoms with Gasteiger partial charge in [-0.1, -0.05) is 30.3 Å². The minimum atomic E-state index is -0.401. The summed E-state index contributed by atoms with van der Waals surface area (Å²) in [5.41, 5.74) is 4.32. The Morgan fingerprint density at radius 3 is 2.34 bits per heavy atom. The summed E-state index contributed by atoms with van der Waals surface area (Å²) < 4.78 is 17.3. The number of anilines is 1. The molecule has 0 aliphatic rings. The van der Waals surface area contributed by atoms with Gasteiger partial charge in [-0.25, -0.2) is 13.8 Å². The fourth-order valence-corrected chi connectivity index (χ4v) is 3.32. The molecule has 4 rings (SSSR count). The average molecular weight is 389 g/mol. The number of nitrogens with one attached hydrogen (secondary N) is 1. The molecule has 6 nitrogen and oxygen atoms in total. The number of carbonyl (C=O) groups excluding carboxylic acids is 1. The number of hydrogen-bond acceptors (Lipinski definition) is 3. The highest BCUT2D eigenvalue weighted by Crippen LogP contribution is 2.24.